The molecule has 4 aromatic rings. The first-order valence-electron chi connectivity index (χ1n) is 10.5. The number of rotatable bonds is 4. The van der Waals surface area contributed by atoms with Gasteiger partial charge in [-0.1, -0.05) is 42.0 Å². The average Bonchev–Trinajstić information content (AvgIpc) is 3.19. The summed E-state index contributed by atoms with van der Waals surface area (Å²) in [6.45, 7) is 3.24. The van der Waals surface area contributed by atoms with Gasteiger partial charge in [0.2, 0.25) is 5.89 Å². The quantitative estimate of drug-likeness (QED) is 0.451. The highest BCUT2D eigenvalue weighted by Crippen LogP contribution is 2.33. The summed E-state index contributed by atoms with van der Waals surface area (Å²) in [6, 6.07) is 20.7. The average molecular weight is 426 g/mol. The van der Waals surface area contributed by atoms with Gasteiger partial charge in [-0.05, 0) is 31.2 Å². The number of amides is 1. The van der Waals surface area contributed by atoms with E-state index in [1.54, 1.807) is 24.4 Å². The zero-order valence-corrected chi connectivity index (χ0v) is 17.6. The summed E-state index contributed by atoms with van der Waals surface area (Å²) in [6.07, 6.45) is 2.50. The predicted molar refractivity (Wildman–Crippen MR) is 122 cm³/mol. The van der Waals surface area contributed by atoms with Crippen molar-refractivity contribution >= 4 is 11.6 Å². The summed E-state index contributed by atoms with van der Waals surface area (Å²) in [7, 11) is 0. The van der Waals surface area contributed by atoms with Crippen molar-refractivity contribution in [1.82, 2.24) is 4.98 Å². The Bertz CT molecular complexity index is 1260. The normalized spacial score (nSPS) is 12.8. The summed E-state index contributed by atoms with van der Waals surface area (Å²) in [4.78, 5) is 17.5. The van der Waals surface area contributed by atoms with Gasteiger partial charge in [-0.25, -0.2) is 4.98 Å². The van der Waals surface area contributed by atoms with Gasteiger partial charge in [0.05, 0.1) is 25.0 Å². The van der Waals surface area contributed by atoms with Gasteiger partial charge >= 0.3 is 0 Å². The molecule has 0 fully saturated rings. The number of fused-ring (bicyclic) bond motifs is 1. The van der Waals surface area contributed by atoms with Crippen LogP contribution in [0.1, 0.15) is 22.3 Å². The van der Waals surface area contributed by atoms with Crippen LogP contribution in [-0.4, -0.2) is 24.1 Å². The van der Waals surface area contributed by atoms with Crippen molar-refractivity contribution in [3.8, 4) is 34.3 Å². The molecule has 0 radical (unpaired) electrons. The number of hydrogen-bond acceptors (Lipinski definition) is 5. The topological polar surface area (TPSA) is 73.6 Å². The smallest absolute Gasteiger partial charge is 0.256 e. The second-order valence-electron chi connectivity index (χ2n) is 7.61. The van der Waals surface area contributed by atoms with Crippen molar-refractivity contribution in [3.63, 3.8) is 0 Å². The minimum Gasteiger partial charge on any atom is -0.490 e. The molecule has 0 spiro atoms. The lowest BCUT2D eigenvalue weighted by Crippen LogP contribution is -2.13. The van der Waals surface area contributed by atoms with Crippen molar-refractivity contribution < 1.29 is 18.7 Å². The highest BCUT2D eigenvalue weighted by Gasteiger charge is 2.18. The number of carbonyl (C=O) groups excluding carboxylic acids is 1. The maximum atomic E-state index is 13.1. The van der Waals surface area contributed by atoms with Crippen molar-refractivity contribution in [1.29, 1.82) is 0 Å². The number of oxazole rings is 1. The number of aromatic nitrogens is 1. The second-order valence-corrected chi connectivity index (χ2v) is 7.61. The minimum atomic E-state index is -0.259. The van der Waals surface area contributed by atoms with Crippen LogP contribution >= 0.6 is 0 Å². The van der Waals surface area contributed by atoms with Crippen LogP contribution in [0.5, 0.6) is 11.5 Å². The Hall–Kier alpha value is -4.06. The molecule has 0 saturated carbocycles. The Morgan fingerprint density at radius 3 is 2.56 bits per heavy atom. The molecule has 5 rings (SSSR count). The molecule has 3 aromatic carbocycles. The third-order valence-electron chi connectivity index (χ3n) is 5.25. The maximum Gasteiger partial charge on any atom is 0.256 e. The molecule has 0 bridgehead atoms. The van der Waals surface area contributed by atoms with Crippen LogP contribution < -0.4 is 14.8 Å². The zero-order chi connectivity index (χ0) is 21.9. The molecule has 0 atom stereocenters. The molecule has 0 saturated heterocycles. The van der Waals surface area contributed by atoms with E-state index in [1.165, 1.54) is 5.56 Å². The Morgan fingerprint density at radius 2 is 1.72 bits per heavy atom. The van der Waals surface area contributed by atoms with Gasteiger partial charge in [-0.3, -0.25) is 4.79 Å². The van der Waals surface area contributed by atoms with Gasteiger partial charge in [0.1, 0.15) is 0 Å². The lowest BCUT2D eigenvalue weighted by molar-refractivity contribution is 0.102. The zero-order valence-electron chi connectivity index (χ0n) is 17.6. The Labute approximate surface area is 185 Å². The van der Waals surface area contributed by atoms with E-state index in [1.807, 2.05) is 55.5 Å². The Balaban J connectivity index is 1.41. The molecule has 0 aliphatic carbocycles. The Kier molecular flexibility index (Phi) is 5.34. The van der Waals surface area contributed by atoms with Crippen LogP contribution in [0.3, 0.4) is 0 Å². The first-order valence-corrected chi connectivity index (χ1v) is 10.5. The van der Waals surface area contributed by atoms with E-state index in [4.69, 9.17) is 13.9 Å². The summed E-state index contributed by atoms with van der Waals surface area (Å²) >= 11 is 0. The molecular weight excluding hydrogens is 404 g/mol. The number of aryl methyl sites for hydroxylation is 1. The molecule has 2 heterocycles. The first-order chi connectivity index (χ1) is 15.7. The fraction of sp³-hybridized carbons (Fsp3) is 0.154. The molecule has 6 nitrogen and oxygen atoms in total. The number of hydrogen-bond donors (Lipinski definition) is 1. The molecule has 0 unspecified atom stereocenters. The largest absolute Gasteiger partial charge is 0.490 e. The van der Waals surface area contributed by atoms with E-state index in [2.05, 4.69) is 10.3 Å². The van der Waals surface area contributed by atoms with Crippen LogP contribution in [0.25, 0.3) is 22.8 Å². The summed E-state index contributed by atoms with van der Waals surface area (Å²) in [5, 5.41) is 2.94. The lowest BCUT2D eigenvalue weighted by Gasteiger charge is -2.11. The van der Waals surface area contributed by atoms with E-state index in [0.29, 0.717) is 53.2 Å². The molecule has 1 aliphatic rings. The summed E-state index contributed by atoms with van der Waals surface area (Å²) in [5.41, 5.74) is 3.82. The van der Waals surface area contributed by atoms with Crippen molar-refractivity contribution in [2.24, 2.45) is 0 Å². The van der Waals surface area contributed by atoms with Gasteiger partial charge in [-0.15, -0.1) is 0 Å². The first kappa shape index (κ1) is 19.9. The fourth-order valence-electron chi connectivity index (χ4n) is 3.56. The van der Waals surface area contributed by atoms with Crippen molar-refractivity contribution in [2.45, 2.75) is 13.3 Å². The van der Waals surface area contributed by atoms with E-state index < -0.39 is 0 Å². The standard InChI is InChI=1S/C26H22N2O4/c1-17-7-9-18(10-8-17)24-16-27-26(32-24)21-6-3-2-5-20(21)25(29)28-19-11-12-22-23(15-19)31-14-4-13-30-22/h2-3,5-12,15-16H,4,13-14H2,1H3,(H,28,29). The predicted octanol–water partition coefficient (Wildman–Crippen LogP) is 5.73. The van der Waals surface area contributed by atoms with Gasteiger partial charge in [-0.2, -0.15) is 0 Å². The molecular formula is C26H22N2O4. The van der Waals surface area contributed by atoms with Gasteiger partial charge in [0, 0.05) is 29.3 Å². The molecule has 1 aromatic heterocycles. The fourth-order valence-corrected chi connectivity index (χ4v) is 3.56. The Morgan fingerprint density at radius 1 is 0.938 bits per heavy atom. The van der Waals surface area contributed by atoms with Crippen LogP contribution in [-0.2, 0) is 0 Å². The second kappa shape index (κ2) is 8.59. The third-order valence-corrected chi connectivity index (χ3v) is 5.25. The monoisotopic (exact) mass is 426 g/mol. The lowest BCUT2D eigenvalue weighted by atomic mass is 10.1. The van der Waals surface area contributed by atoms with Crippen LogP contribution in [0.15, 0.2) is 77.3 Å². The van der Waals surface area contributed by atoms with Crippen LogP contribution in [0.2, 0.25) is 0 Å². The number of nitrogens with zero attached hydrogens (tertiary/aromatic N) is 1. The molecule has 32 heavy (non-hydrogen) atoms. The van der Waals surface area contributed by atoms with E-state index in [-0.39, 0.29) is 5.91 Å². The van der Waals surface area contributed by atoms with Crippen molar-refractivity contribution in [2.75, 3.05) is 18.5 Å². The van der Waals surface area contributed by atoms with Crippen LogP contribution in [0.4, 0.5) is 5.69 Å². The van der Waals surface area contributed by atoms with E-state index in [9.17, 15) is 4.79 Å². The SMILES string of the molecule is Cc1ccc(-c2cnc(-c3ccccc3C(=O)Nc3ccc4c(c3)OCCCO4)o2)cc1. The number of nitrogens with one attached hydrogen (secondary N) is 1. The molecule has 1 amide bonds. The number of ether oxygens (including phenoxy) is 2. The number of carbonyl (C=O) groups is 1. The minimum absolute atomic E-state index is 0.259. The molecule has 6 heteroatoms. The maximum absolute atomic E-state index is 13.1. The third kappa shape index (κ3) is 4.07. The molecule has 1 N–H and O–H groups in total. The van der Waals surface area contributed by atoms with Crippen LogP contribution in [0, 0.1) is 6.92 Å². The molecule has 1 aliphatic heterocycles. The van der Waals surface area contributed by atoms with Gasteiger partial charge < -0.3 is 19.2 Å². The van der Waals surface area contributed by atoms with E-state index in [0.717, 1.165) is 12.0 Å². The summed E-state index contributed by atoms with van der Waals surface area (Å²) in [5.74, 6) is 2.10. The molecule has 160 valence electrons. The number of anilines is 1. The number of benzene rings is 3. The van der Waals surface area contributed by atoms with Gasteiger partial charge in [0.15, 0.2) is 17.3 Å². The highest BCUT2D eigenvalue weighted by atomic mass is 16.5. The van der Waals surface area contributed by atoms with Crippen molar-refractivity contribution in [3.05, 3.63) is 84.1 Å². The van der Waals surface area contributed by atoms with E-state index >= 15 is 0 Å². The highest BCUT2D eigenvalue weighted by molar-refractivity contribution is 6.08. The van der Waals surface area contributed by atoms with Gasteiger partial charge in [0.25, 0.3) is 5.91 Å². The summed E-state index contributed by atoms with van der Waals surface area (Å²) < 4.78 is 17.4.